The molecular formula is C20H22FN3O2S. The zero-order chi connectivity index (χ0) is 19.1. The van der Waals surface area contributed by atoms with Crippen molar-refractivity contribution in [3.05, 3.63) is 60.2 Å². The lowest BCUT2D eigenvalue weighted by Crippen LogP contribution is -2.28. The Balaban J connectivity index is 1.65. The van der Waals surface area contributed by atoms with Crippen molar-refractivity contribution in [2.24, 2.45) is 0 Å². The highest BCUT2D eigenvalue weighted by molar-refractivity contribution is 7.98. The predicted molar refractivity (Wildman–Crippen MR) is 105 cm³/mol. The van der Waals surface area contributed by atoms with E-state index in [0.717, 1.165) is 27.9 Å². The van der Waals surface area contributed by atoms with Crippen molar-refractivity contribution < 1.29 is 13.9 Å². The number of carbonyl (C=O) groups is 1. The number of halogens is 1. The maximum Gasteiger partial charge on any atom is 0.239 e. The summed E-state index contributed by atoms with van der Waals surface area (Å²) in [5.74, 6) is 0.444. The maximum absolute atomic E-state index is 13.0. The number of pyridine rings is 1. The Bertz CT molecular complexity index is 896. The predicted octanol–water partition coefficient (Wildman–Crippen LogP) is 3.62. The van der Waals surface area contributed by atoms with Crippen LogP contribution in [0, 0.1) is 5.82 Å². The Morgan fingerprint density at radius 1 is 1.26 bits per heavy atom. The van der Waals surface area contributed by atoms with Crippen LogP contribution in [-0.2, 0) is 21.8 Å². The van der Waals surface area contributed by atoms with Crippen LogP contribution < -0.4 is 5.32 Å². The van der Waals surface area contributed by atoms with E-state index in [1.54, 1.807) is 37.2 Å². The Morgan fingerprint density at radius 2 is 2.07 bits per heavy atom. The van der Waals surface area contributed by atoms with E-state index in [-0.39, 0.29) is 18.3 Å². The summed E-state index contributed by atoms with van der Waals surface area (Å²) in [5, 5.41) is 4.81. The molecule has 2 aromatic heterocycles. The number of thioether (sulfide) groups is 1. The number of ether oxygens (including phenoxy) is 1. The van der Waals surface area contributed by atoms with Crippen molar-refractivity contribution in [3.8, 4) is 0 Å². The molecular weight excluding hydrogens is 365 g/mol. The second-order valence-electron chi connectivity index (χ2n) is 6.10. The first-order chi connectivity index (χ1) is 13.2. The van der Waals surface area contributed by atoms with Gasteiger partial charge < -0.3 is 14.6 Å². The number of methoxy groups -OCH3 is 1. The van der Waals surface area contributed by atoms with Crippen LogP contribution in [0.25, 0.3) is 10.9 Å². The molecule has 2 heterocycles. The highest BCUT2D eigenvalue weighted by atomic mass is 32.2. The van der Waals surface area contributed by atoms with Crippen LogP contribution in [0.3, 0.4) is 0 Å². The number of rotatable bonds is 9. The highest BCUT2D eigenvalue weighted by Crippen LogP contribution is 2.29. The van der Waals surface area contributed by atoms with E-state index in [2.05, 4.69) is 10.3 Å². The van der Waals surface area contributed by atoms with E-state index < -0.39 is 0 Å². The molecule has 1 aromatic carbocycles. The van der Waals surface area contributed by atoms with E-state index in [1.165, 1.54) is 12.1 Å². The van der Waals surface area contributed by atoms with Gasteiger partial charge in [0.05, 0.1) is 5.52 Å². The van der Waals surface area contributed by atoms with Gasteiger partial charge in [0.2, 0.25) is 5.91 Å². The first-order valence-corrected chi connectivity index (χ1v) is 9.72. The van der Waals surface area contributed by atoms with Crippen LogP contribution in [0.5, 0.6) is 0 Å². The van der Waals surface area contributed by atoms with Gasteiger partial charge in [-0.25, -0.2) is 9.37 Å². The Labute approximate surface area is 161 Å². The van der Waals surface area contributed by atoms with Crippen molar-refractivity contribution >= 4 is 28.6 Å². The molecule has 0 saturated heterocycles. The van der Waals surface area contributed by atoms with E-state index in [1.807, 2.05) is 22.9 Å². The van der Waals surface area contributed by atoms with Crippen LogP contribution in [0.15, 0.2) is 53.8 Å². The second kappa shape index (κ2) is 9.53. The summed E-state index contributed by atoms with van der Waals surface area (Å²) >= 11 is 1.60. The lowest BCUT2D eigenvalue weighted by Gasteiger charge is -2.08. The fraction of sp³-hybridized carbons (Fsp3) is 0.300. The molecule has 0 spiro atoms. The average Bonchev–Trinajstić information content (AvgIpc) is 3.08. The molecule has 3 rings (SSSR count). The van der Waals surface area contributed by atoms with Gasteiger partial charge in [-0.3, -0.25) is 4.79 Å². The fourth-order valence-electron chi connectivity index (χ4n) is 2.74. The molecule has 27 heavy (non-hydrogen) atoms. The van der Waals surface area contributed by atoms with Crippen molar-refractivity contribution in [3.63, 3.8) is 0 Å². The number of carbonyl (C=O) groups excluding carboxylic acids is 1. The first kappa shape index (κ1) is 19.4. The zero-order valence-corrected chi connectivity index (χ0v) is 16.0. The molecule has 0 atom stereocenters. The molecule has 0 fully saturated rings. The van der Waals surface area contributed by atoms with Gasteiger partial charge in [-0.1, -0.05) is 12.1 Å². The molecule has 0 aliphatic rings. The third-order valence-corrected chi connectivity index (χ3v) is 5.19. The lowest BCUT2D eigenvalue weighted by molar-refractivity contribution is -0.121. The molecule has 0 aliphatic heterocycles. The summed E-state index contributed by atoms with van der Waals surface area (Å²) in [7, 11) is 1.65. The number of hydrogen-bond donors (Lipinski definition) is 1. The summed E-state index contributed by atoms with van der Waals surface area (Å²) in [4.78, 5) is 16.6. The smallest absolute Gasteiger partial charge is 0.239 e. The van der Waals surface area contributed by atoms with Crippen LogP contribution in [0.4, 0.5) is 4.39 Å². The third kappa shape index (κ3) is 5.30. The van der Waals surface area contributed by atoms with Crippen molar-refractivity contribution in [1.29, 1.82) is 0 Å². The molecule has 0 aliphatic carbocycles. The van der Waals surface area contributed by atoms with Crippen LogP contribution >= 0.6 is 11.8 Å². The van der Waals surface area contributed by atoms with E-state index in [4.69, 9.17) is 4.74 Å². The van der Waals surface area contributed by atoms with E-state index >= 15 is 0 Å². The standard InChI is InChI=1S/C20H22FN3O2S/c1-26-12-2-9-22-19(25)13-24-11-8-17-18(24)7-10-23-20(17)27-14-15-3-5-16(21)6-4-15/h3-8,10-11H,2,9,12-14H2,1H3,(H,22,25). The van der Waals surface area contributed by atoms with E-state index in [9.17, 15) is 9.18 Å². The average molecular weight is 387 g/mol. The molecule has 0 radical (unpaired) electrons. The van der Waals surface area contributed by atoms with Crippen LogP contribution in [0.1, 0.15) is 12.0 Å². The summed E-state index contributed by atoms with van der Waals surface area (Å²) in [6.45, 7) is 1.50. The van der Waals surface area contributed by atoms with Crippen molar-refractivity contribution in [2.45, 2.75) is 23.7 Å². The molecule has 5 nitrogen and oxygen atoms in total. The van der Waals surface area contributed by atoms with Crippen LogP contribution in [0.2, 0.25) is 0 Å². The molecule has 3 aromatic rings. The third-order valence-electron chi connectivity index (χ3n) is 4.11. The minimum atomic E-state index is -0.235. The number of fused-ring (bicyclic) bond motifs is 1. The molecule has 1 amide bonds. The van der Waals surface area contributed by atoms with Gasteiger partial charge in [-0.2, -0.15) is 0 Å². The Morgan fingerprint density at radius 3 is 2.85 bits per heavy atom. The molecule has 7 heteroatoms. The minimum Gasteiger partial charge on any atom is -0.385 e. The SMILES string of the molecule is COCCCNC(=O)Cn1ccc2c(SCc3ccc(F)cc3)nccc21. The van der Waals surface area contributed by atoms with E-state index in [0.29, 0.717) is 18.9 Å². The monoisotopic (exact) mass is 387 g/mol. The highest BCUT2D eigenvalue weighted by Gasteiger charge is 2.10. The van der Waals surface area contributed by atoms with Crippen molar-refractivity contribution in [2.75, 3.05) is 20.3 Å². The summed E-state index contributed by atoms with van der Waals surface area (Å²) in [6, 6.07) is 10.4. The molecule has 0 unspecified atom stereocenters. The topological polar surface area (TPSA) is 56.1 Å². The van der Waals surface area contributed by atoms with Crippen LogP contribution in [-0.4, -0.2) is 35.7 Å². The quantitative estimate of drug-likeness (QED) is 0.450. The van der Waals surface area contributed by atoms with Gasteiger partial charge in [-0.15, -0.1) is 11.8 Å². The molecule has 1 N–H and O–H groups in total. The summed E-state index contributed by atoms with van der Waals surface area (Å²) in [6.07, 6.45) is 4.45. The van der Waals surface area contributed by atoms with Gasteiger partial charge in [0, 0.05) is 43.8 Å². The molecule has 142 valence electrons. The van der Waals surface area contributed by atoms with Crippen molar-refractivity contribution in [1.82, 2.24) is 14.9 Å². The van der Waals surface area contributed by atoms with Gasteiger partial charge in [0.1, 0.15) is 17.4 Å². The van der Waals surface area contributed by atoms with Gasteiger partial charge in [0.15, 0.2) is 0 Å². The molecule has 0 saturated carbocycles. The number of aromatic nitrogens is 2. The summed E-state index contributed by atoms with van der Waals surface area (Å²) < 4.78 is 19.9. The Kier molecular flexibility index (Phi) is 6.84. The minimum absolute atomic E-state index is 0.0269. The lowest BCUT2D eigenvalue weighted by atomic mass is 10.2. The second-order valence-corrected chi connectivity index (χ2v) is 7.07. The fourth-order valence-corrected chi connectivity index (χ4v) is 3.70. The number of benzene rings is 1. The number of nitrogens with one attached hydrogen (secondary N) is 1. The normalized spacial score (nSPS) is 11.0. The Hall–Kier alpha value is -2.38. The van der Waals surface area contributed by atoms with Gasteiger partial charge in [0.25, 0.3) is 0 Å². The van der Waals surface area contributed by atoms with Gasteiger partial charge >= 0.3 is 0 Å². The number of hydrogen-bond acceptors (Lipinski definition) is 4. The number of nitrogens with zero attached hydrogens (tertiary/aromatic N) is 2. The molecule has 0 bridgehead atoms. The first-order valence-electron chi connectivity index (χ1n) is 8.74. The number of amides is 1. The van der Waals surface area contributed by atoms with Gasteiger partial charge in [-0.05, 0) is 36.2 Å². The maximum atomic E-state index is 13.0. The zero-order valence-electron chi connectivity index (χ0n) is 15.2. The largest absolute Gasteiger partial charge is 0.385 e. The summed E-state index contributed by atoms with van der Waals surface area (Å²) in [5.41, 5.74) is 2.01.